The van der Waals surface area contributed by atoms with Gasteiger partial charge in [-0.3, -0.25) is 0 Å². The molecular formula is C29H53N. The van der Waals surface area contributed by atoms with Gasteiger partial charge in [-0.1, -0.05) is 135 Å². The summed E-state index contributed by atoms with van der Waals surface area (Å²) in [5.41, 5.74) is 2.94. The van der Waals surface area contributed by atoms with Gasteiger partial charge in [-0.2, -0.15) is 0 Å². The first-order valence-corrected chi connectivity index (χ1v) is 13.4. The topological polar surface area (TPSA) is 12.0 Å². The van der Waals surface area contributed by atoms with Gasteiger partial charge in [-0.25, -0.2) is 0 Å². The van der Waals surface area contributed by atoms with Crippen LogP contribution in [0.25, 0.3) is 0 Å². The van der Waals surface area contributed by atoms with Gasteiger partial charge in [0.2, 0.25) is 0 Å². The van der Waals surface area contributed by atoms with Crippen LogP contribution < -0.4 is 5.32 Å². The fourth-order valence-corrected chi connectivity index (χ4v) is 4.33. The van der Waals surface area contributed by atoms with E-state index >= 15 is 0 Å². The van der Waals surface area contributed by atoms with E-state index in [4.69, 9.17) is 0 Å². The second-order valence-corrected chi connectivity index (χ2v) is 10.0. The van der Waals surface area contributed by atoms with Gasteiger partial charge in [0, 0.05) is 6.54 Å². The molecule has 1 heteroatoms. The molecule has 0 radical (unpaired) electrons. The molecule has 0 saturated heterocycles. The van der Waals surface area contributed by atoms with Crippen molar-refractivity contribution in [1.29, 1.82) is 0 Å². The minimum atomic E-state index is 0.602. The fourth-order valence-electron chi connectivity index (χ4n) is 4.33. The summed E-state index contributed by atoms with van der Waals surface area (Å²) in [5.74, 6) is 1.34. The first-order valence-electron chi connectivity index (χ1n) is 13.4. The number of unbranched alkanes of at least 4 members (excludes halogenated alkanes) is 13. The molecule has 1 aromatic rings. The van der Waals surface area contributed by atoms with Crippen LogP contribution in [0.5, 0.6) is 0 Å². The predicted octanol–water partition coefficient (Wildman–Crippen LogP) is 9.06. The SMILES string of the molecule is CCCCCCCCCCCCCCCCNCC(C)c1ccc(CC(C)C)cc1. The highest BCUT2D eigenvalue weighted by Crippen LogP contribution is 2.17. The molecule has 0 aromatic heterocycles. The van der Waals surface area contributed by atoms with Crippen LogP contribution in [-0.2, 0) is 6.42 Å². The number of hydrogen-bond acceptors (Lipinski definition) is 1. The van der Waals surface area contributed by atoms with Crippen molar-refractivity contribution in [2.45, 2.75) is 130 Å². The Morgan fingerprint density at radius 3 is 1.57 bits per heavy atom. The molecule has 1 unspecified atom stereocenters. The standard InChI is InChI=1S/C29H53N/c1-5-6-7-8-9-10-11-12-13-14-15-16-17-18-23-30-25-27(4)29-21-19-28(20-22-29)24-26(2)3/h19-22,26-27,30H,5-18,23-25H2,1-4H3. The van der Waals surface area contributed by atoms with E-state index in [0.717, 1.165) is 12.5 Å². The molecule has 0 aliphatic rings. The molecule has 0 heterocycles. The lowest BCUT2D eigenvalue weighted by Crippen LogP contribution is -2.21. The average molecular weight is 416 g/mol. The van der Waals surface area contributed by atoms with Gasteiger partial charge < -0.3 is 5.32 Å². The molecule has 1 aromatic carbocycles. The molecule has 0 aliphatic carbocycles. The van der Waals surface area contributed by atoms with Crippen molar-refractivity contribution in [3.05, 3.63) is 35.4 Å². The van der Waals surface area contributed by atoms with E-state index in [1.165, 1.54) is 114 Å². The smallest absolute Gasteiger partial charge is 0.00174 e. The molecule has 0 bridgehead atoms. The molecule has 0 amide bonds. The van der Waals surface area contributed by atoms with E-state index in [2.05, 4.69) is 57.3 Å². The quantitative estimate of drug-likeness (QED) is 0.209. The molecule has 30 heavy (non-hydrogen) atoms. The Morgan fingerprint density at radius 2 is 1.10 bits per heavy atom. The van der Waals surface area contributed by atoms with Gasteiger partial charge in [0.15, 0.2) is 0 Å². The van der Waals surface area contributed by atoms with Crippen molar-refractivity contribution in [2.24, 2.45) is 5.92 Å². The Morgan fingerprint density at radius 1 is 0.633 bits per heavy atom. The Bertz CT molecular complexity index is 476. The van der Waals surface area contributed by atoms with Crippen LogP contribution in [0.15, 0.2) is 24.3 Å². The van der Waals surface area contributed by atoms with Crippen molar-refractivity contribution in [1.82, 2.24) is 5.32 Å². The highest BCUT2D eigenvalue weighted by molar-refractivity contribution is 5.25. The largest absolute Gasteiger partial charge is 0.316 e. The zero-order valence-corrected chi connectivity index (χ0v) is 21.0. The van der Waals surface area contributed by atoms with Crippen LogP contribution in [0.4, 0.5) is 0 Å². The summed E-state index contributed by atoms with van der Waals surface area (Å²) in [7, 11) is 0. The van der Waals surface area contributed by atoms with Gasteiger partial charge in [0.1, 0.15) is 0 Å². The van der Waals surface area contributed by atoms with Gasteiger partial charge in [0.05, 0.1) is 0 Å². The van der Waals surface area contributed by atoms with Crippen LogP contribution in [0.2, 0.25) is 0 Å². The summed E-state index contributed by atoms with van der Waals surface area (Å²) in [4.78, 5) is 0. The van der Waals surface area contributed by atoms with Gasteiger partial charge >= 0.3 is 0 Å². The van der Waals surface area contributed by atoms with Crippen molar-refractivity contribution < 1.29 is 0 Å². The molecule has 0 fully saturated rings. The third-order valence-corrected chi connectivity index (χ3v) is 6.35. The molecule has 0 saturated carbocycles. The summed E-state index contributed by atoms with van der Waals surface area (Å²) >= 11 is 0. The minimum Gasteiger partial charge on any atom is -0.316 e. The molecule has 174 valence electrons. The molecule has 0 aliphatic heterocycles. The van der Waals surface area contributed by atoms with E-state index in [-0.39, 0.29) is 0 Å². The van der Waals surface area contributed by atoms with Crippen molar-refractivity contribution >= 4 is 0 Å². The van der Waals surface area contributed by atoms with E-state index < -0.39 is 0 Å². The summed E-state index contributed by atoms with van der Waals surface area (Å²) in [6, 6.07) is 9.30. The minimum absolute atomic E-state index is 0.602. The fraction of sp³-hybridized carbons (Fsp3) is 0.793. The maximum Gasteiger partial charge on any atom is 0.00174 e. The highest BCUT2D eigenvalue weighted by atomic mass is 14.8. The Labute approximate surface area is 189 Å². The van der Waals surface area contributed by atoms with Crippen LogP contribution in [-0.4, -0.2) is 13.1 Å². The molecule has 1 nitrogen and oxygen atoms in total. The Hall–Kier alpha value is -0.820. The van der Waals surface area contributed by atoms with Crippen molar-refractivity contribution in [3.8, 4) is 0 Å². The lowest BCUT2D eigenvalue weighted by atomic mass is 9.97. The van der Waals surface area contributed by atoms with E-state index in [9.17, 15) is 0 Å². The third-order valence-electron chi connectivity index (χ3n) is 6.35. The zero-order valence-electron chi connectivity index (χ0n) is 21.0. The van der Waals surface area contributed by atoms with Crippen LogP contribution in [0.3, 0.4) is 0 Å². The van der Waals surface area contributed by atoms with Gasteiger partial charge in [0.25, 0.3) is 0 Å². The van der Waals surface area contributed by atoms with E-state index in [1.807, 2.05) is 0 Å². The van der Waals surface area contributed by atoms with Crippen molar-refractivity contribution in [2.75, 3.05) is 13.1 Å². The normalized spacial score (nSPS) is 12.6. The molecule has 1 N–H and O–H groups in total. The lowest BCUT2D eigenvalue weighted by molar-refractivity contribution is 0.525. The van der Waals surface area contributed by atoms with Crippen LogP contribution in [0, 0.1) is 5.92 Å². The number of nitrogens with one attached hydrogen (secondary N) is 1. The van der Waals surface area contributed by atoms with Crippen molar-refractivity contribution in [3.63, 3.8) is 0 Å². The molecular weight excluding hydrogens is 362 g/mol. The summed E-state index contributed by atoms with van der Waals surface area (Å²) in [5, 5.41) is 3.67. The number of rotatable bonds is 20. The monoisotopic (exact) mass is 415 g/mol. The van der Waals surface area contributed by atoms with Crippen LogP contribution in [0.1, 0.15) is 135 Å². The first kappa shape index (κ1) is 27.2. The predicted molar refractivity (Wildman–Crippen MR) is 137 cm³/mol. The van der Waals surface area contributed by atoms with Gasteiger partial charge in [-0.05, 0) is 42.3 Å². The highest BCUT2D eigenvalue weighted by Gasteiger charge is 2.05. The average Bonchev–Trinajstić information content (AvgIpc) is 2.73. The third kappa shape index (κ3) is 15.1. The summed E-state index contributed by atoms with van der Waals surface area (Å²) in [6.45, 7) is 11.5. The second kappa shape index (κ2) is 18.9. The van der Waals surface area contributed by atoms with E-state index in [1.54, 1.807) is 0 Å². The summed E-state index contributed by atoms with van der Waals surface area (Å²) in [6.07, 6.45) is 21.3. The molecule has 1 rings (SSSR count). The van der Waals surface area contributed by atoms with E-state index in [0.29, 0.717) is 5.92 Å². The maximum atomic E-state index is 3.67. The molecule has 0 spiro atoms. The Kier molecular flexibility index (Phi) is 17.2. The number of benzene rings is 1. The Balaban J connectivity index is 1.88. The van der Waals surface area contributed by atoms with Gasteiger partial charge in [-0.15, -0.1) is 0 Å². The maximum absolute atomic E-state index is 3.67. The lowest BCUT2D eigenvalue weighted by Gasteiger charge is -2.14. The molecule has 1 atom stereocenters. The van der Waals surface area contributed by atoms with Crippen LogP contribution >= 0.6 is 0 Å². The first-order chi connectivity index (χ1) is 14.6. The number of hydrogen-bond donors (Lipinski definition) is 1. The summed E-state index contributed by atoms with van der Waals surface area (Å²) < 4.78 is 0. The second-order valence-electron chi connectivity index (χ2n) is 10.0. The zero-order chi connectivity index (χ0) is 21.9.